The van der Waals surface area contributed by atoms with Crippen molar-refractivity contribution in [2.75, 3.05) is 50.8 Å². The van der Waals surface area contributed by atoms with Crippen LogP contribution in [-0.2, 0) is 6.54 Å². The van der Waals surface area contributed by atoms with E-state index in [1.165, 1.54) is 24.3 Å². The molecule has 142 valence electrons. The van der Waals surface area contributed by atoms with Gasteiger partial charge >= 0.3 is 0 Å². The molecule has 2 aliphatic heterocycles. The molecule has 0 amide bonds. The molecule has 3 rings (SSSR count). The molecule has 0 saturated carbocycles. The summed E-state index contributed by atoms with van der Waals surface area (Å²) in [6, 6.07) is 1.94. The summed E-state index contributed by atoms with van der Waals surface area (Å²) in [5.74, 6) is 4.47. The van der Waals surface area contributed by atoms with Crippen molar-refractivity contribution < 1.29 is 4.52 Å². The summed E-state index contributed by atoms with van der Waals surface area (Å²) < 4.78 is 4.92. The summed E-state index contributed by atoms with van der Waals surface area (Å²) in [7, 11) is 0. The normalized spacial score (nSPS) is 20.4. The minimum atomic E-state index is 0. The van der Waals surface area contributed by atoms with Crippen LogP contribution < -0.4 is 5.32 Å². The average molecular weight is 479 g/mol. The summed E-state index contributed by atoms with van der Waals surface area (Å²) in [4.78, 5) is 9.77. The molecule has 0 radical (unpaired) electrons. The smallest absolute Gasteiger partial charge is 0.194 e. The second-order valence-corrected chi connectivity index (χ2v) is 7.73. The Bertz CT molecular complexity index is 499. The molecule has 0 spiro atoms. The molecule has 8 heteroatoms. The van der Waals surface area contributed by atoms with Crippen LogP contribution in [0.5, 0.6) is 0 Å². The molecular formula is C17H30IN5OS. The van der Waals surface area contributed by atoms with E-state index < -0.39 is 0 Å². The Hall–Kier alpha value is -0.480. The number of thioether (sulfide) groups is 1. The van der Waals surface area contributed by atoms with Gasteiger partial charge in [0.2, 0.25) is 0 Å². The fourth-order valence-corrected chi connectivity index (χ4v) is 4.44. The quantitative estimate of drug-likeness (QED) is 0.398. The Morgan fingerprint density at radius 1 is 1.32 bits per heavy atom. The summed E-state index contributed by atoms with van der Waals surface area (Å²) in [5, 5.41) is 7.48. The first-order chi connectivity index (χ1) is 11.8. The second-order valence-electron chi connectivity index (χ2n) is 6.50. The molecule has 1 aromatic heterocycles. The molecule has 2 saturated heterocycles. The van der Waals surface area contributed by atoms with Crippen LogP contribution >= 0.6 is 35.7 Å². The molecule has 0 unspecified atom stereocenters. The fraction of sp³-hybridized carbons (Fsp3) is 0.765. The largest absolute Gasteiger partial charge is 0.364 e. The van der Waals surface area contributed by atoms with Gasteiger partial charge in [-0.1, -0.05) is 5.16 Å². The Balaban J connectivity index is 0.00000225. The van der Waals surface area contributed by atoms with Gasteiger partial charge in [-0.15, -0.1) is 24.0 Å². The number of hydrogen-bond acceptors (Lipinski definition) is 5. The summed E-state index contributed by atoms with van der Waals surface area (Å²) in [6.45, 7) is 9.04. The number of halogens is 1. The summed E-state index contributed by atoms with van der Waals surface area (Å²) >= 11 is 2.08. The Kier molecular flexibility index (Phi) is 9.40. The van der Waals surface area contributed by atoms with Crippen molar-refractivity contribution in [1.82, 2.24) is 20.3 Å². The first-order valence-corrected chi connectivity index (χ1v) is 10.2. The van der Waals surface area contributed by atoms with Gasteiger partial charge in [-0.3, -0.25) is 9.89 Å². The maximum absolute atomic E-state index is 4.94. The van der Waals surface area contributed by atoms with Crippen molar-refractivity contribution in [2.45, 2.75) is 26.3 Å². The number of rotatable bonds is 5. The van der Waals surface area contributed by atoms with Crippen LogP contribution in [0.4, 0.5) is 0 Å². The third-order valence-corrected chi connectivity index (χ3v) is 5.77. The van der Waals surface area contributed by atoms with Gasteiger partial charge in [-0.05, 0) is 37.2 Å². The minimum Gasteiger partial charge on any atom is -0.364 e. The van der Waals surface area contributed by atoms with Crippen molar-refractivity contribution in [1.29, 1.82) is 0 Å². The number of aliphatic imine (C=N–C) groups is 1. The number of hydrogen-bond donors (Lipinski definition) is 1. The Labute approximate surface area is 172 Å². The molecule has 25 heavy (non-hydrogen) atoms. The topological polar surface area (TPSA) is 56.9 Å². The van der Waals surface area contributed by atoms with E-state index in [1.54, 1.807) is 6.26 Å². The monoisotopic (exact) mass is 479 g/mol. The predicted octanol–water partition coefficient (Wildman–Crippen LogP) is 2.52. The minimum absolute atomic E-state index is 0. The van der Waals surface area contributed by atoms with Crippen molar-refractivity contribution in [3.63, 3.8) is 0 Å². The van der Waals surface area contributed by atoms with E-state index in [0.717, 1.165) is 63.4 Å². The first-order valence-electron chi connectivity index (χ1n) is 9.07. The Morgan fingerprint density at radius 3 is 2.72 bits per heavy atom. The van der Waals surface area contributed by atoms with E-state index in [4.69, 9.17) is 9.52 Å². The third kappa shape index (κ3) is 6.63. The zero-order chi connectivity index (χ0) is 16.6. The molecule has 0 aliphatic carbocycles. The van der Waals surface area contributed by atoms with E-state index in [2.05, 4.69) is 39.0 Å². The zero-order valence-electron chi connectivity index (χ0n) is 15.0. The zero-order valence-corrected chi connectivity index (χ0v) is 18.2. The van der Waals surface area contributed by atoms with Crippen LogP contribution in [0.15, 0.2) is 21.8 Å². The number of nitrogens with one attached hydrogen (secondary N) is 1. The van der Waals surface area contributed by atoms with E-state index in [1.807, 2.05) is 6.07 Å². The molecule has 0 atom stereocenters. The first kappa shape index (κ1) is 20.8. The van der Waals surface area contributed by atoms with E-state index in [9.17, 15) is 0 Å². The van der Waals surface area contributed by atoms with Gasteiger partial charge in [0, 0.05) is 51.9 Å². The molecule has 2 fully saturated rings. The lowest BCUT2D eigenvalue weighted by atomic mass is 10.0. The second kappa shape index (κ2) is 11.3. The van der Waals surface area contributed by atoms with Gasteiger partial charge in [0.25, 0.3) is 0 Å². The lowest BCUT2D eigenvalue weighted by Crippen LogP contribution is -2.52. The predicted molar refractivity (Wildman–Crippen MR) is 115 cm³/mol. The highest BCUT2D eigenvalue weighted by molar-refractivity contribution is 14.0. The van der Waals surface area contributed by atoms with Gasteiger partial charge in [0.05, 0.1) is 5.69 Å². The van der Waals surface area contributed by atoms with E-state index >= 15 is 0 Å². The SMILES string of the molecule is CCNC(=NCC1CCSCC1)N1CCN(Cc2ccon2)CC1.I. The maximum atomic E-state index is 4.94. The van der Waals surface area contributed by atoms with Crippen LogP contribution in [0, 0.1) is 5.92 Å². The fourth-order valence-electron chi connectivity index (χ4n) is 3.24. The standard InChI is InChI=1S/C17H29N5OS.HI/c1-2-18-17(19-13-15-4-11-24-12-5-15)22-8-6-21(7-9-22)14-16-3-10-23-20-16;/h3,10,15H,2,4-9,11-14H2,1H3,(H,18,19);1H. The number of nitrogens with zero attached hydrogens (tertiary/aromatic N) is 4. The molecule has 0 aromatic carbocycles. The van der Waals surface area contributed by atoms with Crippen LogP contribution in [0.3, 0.4) is 0 Å². The van der Waals surface area contributed by atoms with Crippen molar-refractivity contribution >= 4 is 41.7 Å². The lowest BCUT2D eigenvalue weighted by Gasteiger charge is -2.36. The highest BCUT2D eigenvalue weighted by Gasteiger charge is 2.21. The Morgan fingerprint density at radius 2 is 2.08 bits per heavy atom. The molecule has 1 aromatic rings. The van der Waals surface area contributed by atoms with Crippen molar-refractivity contribution in [3.8, 4) is 0 Å². The molecule has 0 bridgehead atoms. The summed E-state index contributed by atoms with van der Waals surface area (Å²) in [5.41, 5.74) is 1.01. The molecular weight excluding hydrogens is 449 g/mol. The van der Waals surface area contributed by atoms with Gasteiger partial charge < -0.3 is 14.7 Å². The highest BCUT2D eigenvalue weighted by Crippen LogP contribution is 2.22. The van der Waals surface area contributed by atoms with Crippen molar-refractivity contribution in [3.05, 3.63) is 18.0 Å². The highest BCUT2D eigenvalue weighted by atomic mass is 127. The maximum Gasteiger partial charge on any atom is 0.194 e. The number of piperazine rings is 1. The van der Waals surface area contributed by atoms with Gasteiger partial charge in [-0.2, -0.15) is 11.8 Å². The van der Waals surface area contributed by atoms with Crippen LogP contribution in [0.2, 0.25) is 0 Å². The van der Waals surface area contributed by atoms with Crippen LogP contribution in [0.25, 0.3) is 0 Å². The third-order valence-electron chi connectivity index (χ3n) is 4.72. The average Bonchev–Trinajstić information content (AvgIpc) is 3.13. The van der Waals surface area contributed by atoms with Crippen LogP contribution in [-0.4, -0.2) is 71.7 Å². The van der Waals surface area contributed by atoms with E-state index in [0.29, 0.717) is 0 Å². The molecule has 3 heterocycles. The molecule has 6 nitrogen and oxygen atoms in total. The van der Waals surface area contributed by atoms with Crippen LogP contribution in [0.1, 0.15) is 25.5 Å². The lowest BCUT2D eigenvalue weighted by molar-refractivity contribution is 0.169. The van der Waals surface area contributed by atoms with Gasteiger partial charge in [0.1, 0.15) is 6.26 Å². The molecule has 1 N–H and O–H groups in total. The number of aromatic nitrogens is 1. The van der Waals surface area contributed by atoms with Crippen molar-refractivity contribution in [2.24, 2.45) is 10.9 Å². The molecule has 2 aliphatic rings. The number of guanidine groups is 1. The van der Waals surface area contributed by atoms with E-state index in [-0.39, 0.29) is 24.0 Å². The van der Waals surface area contributed by atoms with Gasteiger partial charge in [-0.25, -0.2) is 0 Å². The summed E-state index contributed by atoms with van der Waals surface area (Å²) in [6.07, 6.45) is 4.28. The van der Waals surface area contributed by atoms with Gasteiger partial charge in [0.15, 0.2) is 5.96 Å².